The zero-order valence-corrected chi connectivity index (χ0v) is 13.1. The van der Waals surface area contributed by atoms with Crippen LogP contribution in [0.5, 0.6) is 0 Å². The number of nitrogens with zero attached hydrogens (tertiary/aromatic N) is 2. The average molecular weight is 312 g/mol. The molecule has 0 aromatic carbocycles. The molecule has 0 unspecified atom stereocenters. The number of carbonyl (C=O) groups is 2. The summed E-state index contributed by atoms with van der Waals surface area (Å²) in [5, 5.41) is 12.6. The van der Waals surface area contributed by atoms with Crippen LogP contribution in [0.1, 0.15) is 36.3 Å². The summed E-state index contributed by atoms with van der Waals surface area (Å²) in [7, 11) is 0. The third-order valence-electron chi connectivity index (χ3n) is 3.53. The fourth-order valence-electron chi connectivity index (χ4n) is 2.14. The lowest BCUT2D eigenvalue weighted by atomic mass is 10.2. The van der Waals surface area contributed by atoms with E-state index in [9.17, 15) is 9.59 Å². The van der Waals surface area contributed by atoms with Gasteiger partial charge in [0, 0.05) is 23.9 Å². The fraction of sp³-hybridized carbons (Fsp3) is 0.643. The lowest BCUT2D eigenvalue weighted by molar-refractivity contribution is -0.138. The number of carboxylic acids is 1. The Labute approximate surface area is 127 Å². The quantitative estimate of drug-likeness (QED) is 0.790. The van der Waals surface area contributed by atoms with Crippen LogP contribution >= 0.6 is 11.8 Å². The Hall–Kier alpha value is -1.50. The molecule has 1 saturated carbocycles. The van der Waals surface area contributed by atoms with Crippen LogP contribution in [-0.4, -0.2) is 45.4 Å². The highest BCUT2D eigenvalue weighted by atomic mass is 32.2. The minimum absolute atomic E-state index is 0.0107. The summed E-state index contributed by atoms with van der Waals surface area (Å²) in [4.78, 5) is 24.6. The van der Waals surface area contributed by atoms with E-state index in [1.54, 1.807) is 4.90 Å². The largest absolute Gasteiger partial charge is 0.481 e. The van der Waals surface area contributed by atoms with E-state index in [4.69, 9.17) is 9.63 Å². The second-order valence-corrected chi connectivity index (χ2v) is 6.24. The first-order valence-electron chi connectivity index (χ1n) is 6.99. The molecule has 116 valence electrons. The molecular formula is C14H20N2O4S. The van der Waals surface area contributed by atoms with Crippen molar-refractivity contribution < 1.29 is 19.2 Å². The van der Waals surface area contributed by atoms with Gasteiger partial charge in [0.1, 0.15) is 5.76 Å². The Morgan fingerprint density at radius 1 is 1.43 bits per heavy atom. The first-order chi connectivity index (χ1) is 9.99. The Morgan fingerprint density at radius 3 is 2.67 bits per heavy atom. The molecule has 1 aromatic heterocycles. The van der Waals surface area contributed by atoms with Crippen molar-refractivity contribution >= 4 is 23.6 Å². The molecule has 0 saturated heterocycles. The molecule has 0 bridgehead atoms. The van der Waals surface area contributed by atoms with Crippen molar-refractivity contribution in [2.45, 2.75) is 44.9 Å². The van der Waals surface area contributed by atoms with Gasteiger partial charge in [-0.2, -0.15) is 0 Å². The normalized spacial score (nSPS) is 14.2. The van der Waals surface area contributed by atoms with Crippen molar-refractivity contribution in [3.05, 3.63) is 17.0 Å². The zero-order chi connectivity index (χ0) is 15.4. The van der Waals surface area contributed by atoms with E-state index in [1.165, 1.54) is 11.8 Å². The van der Waals surface area contributed by atoms with Gasteiger partial charge in [0.05, 0.1) is 17.9 Å². The highest BCUT2D eigenvalue weighted by Crippen LogP contribution is 2.28. The highest BCUT2D eigenvalue weighted by Gasteiger charge is 2.32. The minimum Gasteiger partial charge on any atom is -0.481 e. The molecule has 1 heterocycles. The maximum Gasteiger partial charge on any atom is 0.305 e. The summed E-state index contributed by atoms with van der Waals surface area (Å²) in [6.07, 6.45) is 1.98. The van der Waals surface area contributed by atoms with E-state index in [0.717, 1.165) is 29.9 Å². The van der Waals surface area contributed by atoms with Crippen molar-refractivity contribution in [3.8, 4) is 0 Å². The Morgan fingerprint density at radius 2 is 2.14 bits per heavy atom. The maximum absolute atomic E-state index is 12.2. The predicted octanol–water partition coefficient (Wildman–Crippen LogP) is 1.99. The Bertz CT molecular complexity index is 506. The lowest BCUT2D eigenvalue weighted by Gasteiger charge is -2.21. The average Bonchev–Trinajstić information content (AvgIpc) is 3.20. The molecule has 1 aliphatic carbocycles. The molecule has 7 heteroatoms. The number of hydrogen-bond donors (Lipinski definition) is 1. The van der Waals surface area contributed by atoms with Crippen LogP contribution in [0.4, 0.5) is 0 Å². The molecule has 1 amide bonds. The minimum atomic E-state index is -0.864. The van der Waals surface area contributed by atoms with Gasteiger partial charge in [0.2, 0.25) is 5.91 Å². The monoisotopic (exact) mass is 312 g/mol. The predicted molar refractivity (Wildman–Crippen MR) is 79.1 cm³/mol. The summed E-state index contributed by atoms with van der Waals surface area (Å²) in [6, 6.07) is 0.247. The first kappa shape index (κ1) is 15.9. The fourth-order valence-corrected chi connectivity index (χ4v) is 3.20. The third-order valence-corrected chi connectivity index (χ3v) is 4.47. The van der Waals surface area contributed by atoms with Crippen LogP contribution in [-0.2, 0) is 15.3 Å². The standard InChI is InChI=1S/C14H20N2O4S/c1-9-12(10(2)20-15-9)7-21-8-13(17)16(11-3-4-11)6-5-14(18)19/h11H,3-8H2,1-2H3,(H,18,19). The van der Waals surface area contributed by atoms with Crippen molar-refractivity contribution in [2.24, 2.45) is 0 Å². The number of amides is 1. The summed E-state index contributed by atoms with van der Waals surface area (Å²) in [6.45, 7) is 4.06. The van der Waals surface area contributed by atoms with E-state index in [0.29, 0.717) is 18.1 Å². The number of aryl methyl sites for hydroxylation is 2. The first-order valence-corrected chi connectivity index (χ1v) is 8.15. The molecular weight excluding hydrogens is 292 g/mol. The van der Waals surface area contributed by atoms with Crippen LogP contribution in [0, 0.1) is 13.8 Å². The summed E-state index contributed by atoms with van der Waals surface area (Å²) in [5.41, 5.74) is 1.90. The third kappa shape index (κ3) is 4.49. The van der Waals surface area contributed by atoms with Crippen LogP contribution in [0.3, 0.4) is 0 Å². The van der Waals surface area contributed by atoms with Gasteiger partial charge in [0.25, 0.3) is 0 Å². The zero-order valence-electron chi connectivity index (χ0n) is 12.3. The molecule has 1 N–H and O–H groups in total. The van der Waals surface area contributed by atoms with Crippen LogP contribution < -0.4 is 0 Å². The molecule has 0 aliphatic heterocycles. The number of rotatable bonds is 8. The number of aromatic nitrogens is 1. The molecule has 21 heavy (non-hydrogen) atoms. The van der Waals surface area contributed by atoms with Crippen LogP contribution in [0.2, 0.25) is 0 Å². The number of hydrogen-bond acceptors (Lipinski definition) is 5. The van der Waals surface area contributed by atoms with E-state index in [2.05, 4.69) is 5.16 Å². The van der Waals surface area contributed by atoms with E-state index >= 15 is 0 Å². The molecule has 2 rings (SSSR count). The van der Waals surface area contributed by atoms with Gasteiger partial charge in [0.15, 0.2) is 0 Å². The van der Waals surface area contributed by atoms with E-state index in [1.807, 2.05) is 13.8 Å². The van der Waals surface area contributed by atoms with Gasteiger partial charge in [-0.25, -0.2) is 0 Å². The van der Waals surface area contributed by atoms with Crippen molar-refractivity contribution in [2.75, 3.05) is 12.3 Å². The van der Waals surface area contributed by atoms with Gasteiger partial charge < -0.3 is 14.5 Å². The second-order valence-electron chi connectivity index (χ2n) is 5.26. The molecule has 0 radical (unpaired) electrons. The second kappa shape index (κ2) is 6.98. The molecule has 0 spiro atoms. The van der Waals surface area contributed by atoms with Crippen LogP contribution in [0.25, 0.3) is 0 Å². The van der Waals surface area contributed by atoms with E-state index in [-0.39, 0.29) is 18.4 Å². The van der Waals surface area contributed by atoms with Crippen molar-refractivity contribution in [1.82, 2.24) is 10.1 Å². The summed E-state index contributed by atoms with van der Waals surface area (Å²) in [5.74, 6) is 0.995. The number of carbonyl (C=O) groups excluding carboxylic acids is 1. The number of aliphatic carboxylic acids is 1. The number of thioether (sulfide) groups is 1. The van der Waals surface area contributed by atoms with Gasteiger partial charge in [-0.05, 0) is 26.7 Å². The highest BCUT2D eigenvalue weighted by molar-refractivity contribution is 7.99. The van der Waals surface area contributed by atoms with Gasteiger partial charge in [-0.3, -0.25) is 9.59 Å². The Balaban J connectivity index is 1.80. The molecule has 1 fully saturated rings. The van der Waals surface area contributed by atoms with Gasteiger partial charge in [-0.15, -0.1) is 11.8 Å². The van der Waals surface area contributed by atoms with Gasteiger partial charge >= 0.3 is 5.97 Å². The van der Waals surface area contributed by atoms with Crippen molar-refractivity contribution in [1.29, 1.82) is 0 Å². The SMILES string of the molecule is Cc1noc(C)c1CSCC(=O)N(CCC(=O)O)C1CC1. The molecule has 1 aromatic rings. The van der Waals surface area contributed by atoms with Gasteiger partial charge in [-0.1, -0.05) is 5.16 Å². The smallest absolute Gasteiger partial charge is 0.305 e. The maximum atomic E-state index is 12.2. The Kier molecular flexibility index (Phi) is 5.27. The summed E-state index contributed by atoms with van der Waals surface area (Å²) >= 11 is 1.52. The van der Waals surface area contributed by atoms with Crippen LogP contribution in [0.15, 0.2) is 4.52 Å². The lowest BCUT2D eigenvalue weighted by Crippen LogP contribution is -2.36. The van der Waals surface area contributed by atoms with E-state index < -0.39 is 5.97 Å². The molecule has 6 nitrogen and oxygen atoms in total. The summed E-state index contributed by atoms with van der Waals surface area (Å²) < 4.78 is 5.09. The number of carboxylic acid groups (broad SMARTS) is 1. The van der Waals surface area contributed by atoms with Crippen molar-refractivity contribution in [3.63, 3.8) is 0 Å². The molecule has 1 aliphatic rings. The molecule has 0 atom stereocenters. The topological polar surface area (TPSA) is 83.6 Å².